The quantitative estimate of drug-likeness (QED) is 0.371. The molecule has 0 aliphatic rings. The van der Waals surface area contributed by atoms with Crippen molar-refractivity contribution in [1.82, 2.24) is 25.0 Å². The van der Waals surface area contributed by atoms with Crippen LogP contribution in [0.3, 0.4) is 0 Å². The number of anilines is 1. The molecule has 146 valence electrons. The number of aromatic nitrogens is 5. The van der Waals surface area contributed by atoms with Crippen molar-refractivity contribution in [1.29, 1.82) is 0 Å². The van der Waals surface area contributed by atoms with Crippen LogP contribution in [0.5, 0.6) is 0 Å². The van der Waals surface area contributed by atoms with Crippen molar-refractivity contribution in [2.75, 3.05) is 11.1 Å². The smallest absolute Gasteiger partial charge is 0.234 e. The summed E-state index contributed by atoms with van der Waals surface area (Å²) in [6.45, 7) is 0.194. The van der Waals surface area contributed by atoms with Gasteiger partial charge in [0.15, 0.2) is 11.2 Å². The summed E-state index contributed by atoms with van der Waals surface area (Å²) in [5, 5.41) is 12.0. The summed E-state index contributed by atoms with van der Waals surface area (Å²) in [6, 6.07) is 13.4. The predicted molar refractivity (Wildman–Crippen MR) is 109 cm³/mol. The summed E-state index contributed by atoms with van der Waals surface area (Å²) >= 11 is 7.14. The number of carbonyl (C=O) groups excluding carboxylic acids is 1. The van der Waals surface area contributed by atoms with E-state index in [-0.39, 0.29) is 24.0 Å². The van der Waals surface area contributed by atoms with E-state index < -0.39 is 0 Å². The van der Waals surface area contributed by atoms with Crippen LogP contribution in [0, 0.1) is 5.82 Å². The highest BCUT2D eigenvalue weighted by Crippen LogP contribution is 2.23. The molecule has 2 heterocycles. The number of carbonyl (C=O) groups is 1. The minimum absolute atomic E-state index is 0.124. The number of benzene rings is 2. The first kappa shape index (κ1) is 19.3. The molecule has 0 bridgehead atoms. The first-order valence-corrected chi connectivity index (χ1v) is 9.92. The van der Waals surface area contributed by atoms with E-state index in [1.165, 1.54) is 28.8 Å². The highest BCUT2D eigenvalue weighted by atomic mass is 35.5. The average molecular weight is 429 g/mol. The second-order valence-corrected chi connectivity index (χ2v) is 7.44. The van der Waals surface area contributed by atoms with Gasteiger partial charge < -0.3 is 5.32 Å². The van der Waals surface area contributed by atoms with E-state index in [0.717, 1.165) is 0 Å². The van der Waals surface area contributed by atoms with E-state index in [4.69, 9.17) is 11.6 Å². The Morgan fingerprint density at radius 2 is 2.03 bits per heavy atom. The Bertz CT molecular complexity index is 1180. The molecule has 0 aliphatic heterocycles. The number of nitrogens with zero attached hydrogens (tertiary/aromatic N) is 5. The zero-order valence-corrected chi connectivity index (χ0v) is 16.5. The Morgan fingerprint density at radius 1 is 1.17 bits per heavy atom. The molecular weight excluding hydrogens is 415 g/mol. The van der Waals surface area contributed by atoms with E-state index in [9.17, 15) is 9.18 Å². The van der Waals surface area contributed by atoms with Gasteiger partial charge in [0.25, 0.3) is 0 Å². The Morgan fingerprint density at radius 3 is 2.86 bits per heavy atom. The lowest BCUT2D eigenvalue weighted by Crippen LogP contribution is -2.14. The van der Waals surface area contributed by atoms with E-state index in [2.05, 4.69) is 25.6 Å². The average Bonchev–Trinajstić information content (AvgIpc) is 3.12. The molecule has 2 aromatic carbocycles. The number of fused-ring (bicyclic) bond motifs is 1. The topological polar surface area (TPSA) is 85.6 Å². The highest BCUT2D eigenvalue weighted by Gasteiger charge is 2.15. The normalized spacial score (nSPS) is 11.0. The standard InChI is InChI=1S/C19H14ClFN6OS/c20-13-5-3-6-14(8-13)24-16(28)10-29-19-17-18(22-11-23-19)27(26-25-17)9-12-4-1-2-7-15(12)21/h1-8,11H,9-10H2,(H,24,28). The van der Waals surface area contributed by atoms with Crippen LogP contribution in [-0.2, 0) is 11.3 Å². The summed E-state index contributed by atoms with van der Waals surface area (Å²) < 4.78 is 15.4. The largest absolute Gasteiger partial charge is 0.325 e. The molecule has 0 unspecified atom stereocenters. The molecule has 0 aliphatic carbocycles. The van der Waals surface area contributed by atoms with Gasteiger partial charge in [-0.1, -0.05) is 52.8 Å². The van der Waals surface area contributed by atoms with E-state index >= 15 is 0 Å². The van der Waals surface area contributed by atoms with Gasteiger partial charge in [-0.3, -0.25) is 4.79 Å². The van der Waals surface area contributed by atoms with Gasteiger partial charge >= 0.3 is 0 Å². The number of hydrogen-bond donors (Lipinski definition) is 1. The molecule has 4 aromatic rings. The van der Waals surface area contributed by atoms with Crippen LogP contribution in [0.2, 0.25) is 5.02 Å². The van der Waals surface area contributed by atoms with Crippen molar-refractivity contribution >= 4 is 46.1 Å². The fraction of sp³-hybridized carbons (Fsp3) is 0.105. The second kappa shape index (κ2) is 8.54. The van der Waals surface area contributed by atoms with E-state index in [1.54, 1.807) is 42.5 Å². The van der Waals surface area contributed by atoms with Gasteiger partial charge in [-0.2, -0.15) is 0 Å². The molecule has 0 atom stereocenters. The molecule has 1 N–H and O–H groups in total. The minimum atomic E-state index is -0.322. The van der Waals surface area contributed by atoms with Crippen LogP contribution in [0.25, 0.3) is 11.2 Å². The Labute approximate surface area is 174 Å². The van der Waals surface area contributed by atoms with Crippen molar-refractivity contribution < 1.29 is 9.18 Å². The molecule has 0 saturated heterocycles. The van der Waals surface area contributed by atoms with Crippen molar-refractivity contribution in [3.8, 4) is 0 Å². The van der Waals surface area contributed by atoms with Crippen LogP contribution in [0.4, 0.5) is 10.1 Å². The summed E-state index contributed by atoms with van der Waals surface area (Å²) in [6.07, 6.45) is 1.38. The van der Waals surface area contributed by atoms with Crippen LogP contribution in [0.15, 0.2) is 59.9 Å². The maximum absolute atomic E-state index is 13.9. The number of hydrogen-bond acceptors (Lipinski definition) is 6. The Kier molecular flexibility index (Phi) is 5.68. The zero-order valence-electron chi connectivity index (χ0n) is 14.9. The van der Waals surface area contributed by atoms with Crippen LogP contribution in [0.1, 0.15) is 5.56 Å². The van der Waals surface area contributed by atoms with Crippen LogP contribution in [-0.4, -0.2) is 36.6 Å². The number of rotatable bonds is 6. The third kappa shape index (κ3) is 4.52. The van der Waals surface area contributed by atoms with Crippen molar-refractivity contribution in [2.45, 2.75) is 11.6 Å². The van der Waals surface area contributed by atoms with Crippen LogP contribution < -0.4 is 5.32 Å². The van der Waals surface area contributed by atoms with Gasteiger partial charge in [0.2, 0.25) is 5.91 Å². The fourth-order valence-corrected chi connectivity index (χ4v) is 3.59. The molecule has 0 spiro atoms. The molecule has 10 heteroatoms. The number of nitrogens with one attached hydrogen (secondary N) is 1. The van der Waals surface area contributed by atoms with Crippen molar-refractivity contribution in [3.63, 3.8) is 0 Å². The molecule has 29 heavy (non-hydrogen) atoms. The lowest BCUT2D eigenvalue weighted by Gasteiger charge is -2.06. The molecule has 7 nitrogen and oxygen atoms in total. The van der Waals surface area contributed by atoms with Gasteiger partial charge in [-0.25, -0.2) is 19.0 Å². The predicted octanol–water partition coefficient (Wildman–Crippen LogP) is 3.79. The molecule has 2 aromatic heterocycles. The number of amides is 1. The van der Waals surface area contributed by atoms with Gasteiger partial charge in [-0.15, -0.1) is 5.10 Å². The minimum Gasteiger partial charge on any atom is -0.325 e. The third-order valence-corrected chi connectivity index (χ3v) is 5.21. The van der Waals surface area contributed by atoms with Crippen molar-refractivity contribution in [3.05, 3.63) is 71.3 Å². The lowest BCUT2D eigenvalue weighted by molar-refractivity contribution is -0.113. The van der Waals surface area contributed by atoms with Gasteiger partial charge in [0, 0.05) is 16.3 Å². The van der Waals surface area contributed by atoms with Crippen LogP contribution >= 0.6 is 23.4 Å². The molecule has 1 amide bonds. The lowest BCUT2D eigenvalue weighted by atomic mass is 10.2. The van der Waals surface area contributed by atoms with E-state index in [1.807, 2.05) is 0 Å². The van der Waals surface area contributed by atoms with E-state index in [0.29, 0.717) is 32.5 Å². The van der Waals surface area contributed by atoms with Gasteiger partial charge in [0.05, 0.1) is 12.3 Å². The summed E-state index contributed by atoms with van der Waals surface area (Å²) in [4.78, 5) is 20.6. The Hall–Kier alpha value is -3.04. The first-order chi connectivity index (χ1) is 14.1. The molecule has 0 saturated carbocycles. The molecular formula is C19H14ClFN6OS. The maximum atomic E-state index is 13.9. The highest BCUT2D eigenvalue weighted by molar-refractivity contribution is 8.00. The maximum Gasteiger partial charge on any atom is 0.234 e. The first-order valence-electron chi connectivity index (χ1n) is 8.56. The summed E-state index contributed by atoms with van der Waals surface area (Å²) in [5.74, 6) is -0.404. The third-order valence-electron chi connectivity index (χ3n) is 3.99. The molecule has 0 radical (unpaired) electrons. The summed E-state index contributed by atoms with van der Waals surface area (Å²) in [7, 11) is 0. The zero-order chi connectivity index (χ0) is 20.2. The van der Waals surface area contributed by atoms with Crippen molar-refractivity contribution in [2.24, 2.45) is 0 Å². The van der Waals surface area contributed by atoms with Gasteiger partial charge in [0.1, 0.15) is 17.2 Å². The monoisotopic (exact) mass is 428 g/mol. The second-order valence-electron chi connectivity index (χ2n) is 6.04. The molecule has 4 rings (SSSR count). The van der Waals surface area contributed by atoms with Gasteiger partial charge in [-0.05, 0) is 24.3 Å². The fourth-order valence-electron chi connectivity index (χ4n) is 2.67. The summed E-state index contributed by atoms with van der Waals surface area (Å²) in [5.41, 5.74) is 2.03. The number of halogens is 2. The SMILES string of the molecule is O=C(CSc1ncnc2c1nnn2Cc1ccccc1F)Nc1cccc(Cl)c1. The Balaban J connectivity index is 1.48. The molecule has 0 fully saturated rings. The number of thioether (sulfide) groups is 1.